The summed E-state index contributed by atoms with van der Waals surface area (Å²) in [5, 5.41) is 0. The molecule has 1 fully saturated rings. The topological polar surface area (TPSA) is 37.4 Å². The van der Waals surface area contributed by atoms with Gasteiger partial charge in [-0.25, -0.2) is 8.42 Å². The standard InChI is InChI=1S/C23H29NO2S/c1-18-6-10-23(11-7-18)27(25,26)16-4-5-20-8-9-22(17-19(20)2)21-12-14-24(3)15-13-21/h4-11,17,21H,12-16H2,1-3H3/b5-4-. The molecule has 0 amide bonds. The lowest BCUT2D eigenvalue weighted by molar-refractivity contribution is 0.255. The molecule has 0 N–H and O–H groups in total. The van der Waals surface area contributed by atoms with Gasteiger partial charge in [0, 0.05) is 0 Å². The van der Waals surface area contributed by atoms with Crippen LogP contribution < -0.4 is 0 Å². The highest BCUT2D eigenvalue weighted by Gasteiger charge is 2.18. The molecule has 0 radical (unpaired) electrons. The predicted molar refractivity (Wildman–Crippen MR) is 113 cm³/mol. The van der Waals surface area contributed by atoms with Crippen LogP contribution in [-0.2, 0) is 9.84 Å². The van der Waals surface area contributed by atoms with E-state index in [0.717, 1.165) is 24.2 Å². The fraction of sp³-hybridized carbons (Fsp3) is 0.391. The minimum atomic E-state index is -3.28. The Morgan fingerprint density at radius 1 is 1.04 bits per heavy atom. The molecule has 1 aliphatic rings. The maximum absolute atomic E-state index is 12.5. The van der Waals surface area contributed by atoms with Crippen LogP contribution in [0.15, 0.2) is 53.4 Å². The number of sulfone groups is 1. The van der Waals surface area contributed by atoms with Crippen LogP contribution in [0.1, 0.15) is 41.0 Å². The van der Waals surface area contributed by atoms with Crippen molar-refractivity contribution in [2.24, 2.45) is 0 Å². The van der Waals surface area contributed by atoms with E-state index in [1.54, 1.807) is 18.2 Å². The van der Waals surface area contributed by atoms with Crippen molar-refractivity contribution in [2.45, 2.75) is 37.5 Å². The third-order valence-corrected chi connectivity index (χ3v) is 7.10. The van der Waals surface area contributed by atoms with E-state index in [4.69, 9.17) is 0 Å². The van der Waals surface area contributed by atoms with Crippen molar-refractivity contribution in [2.75, 3.05) is 25.9 Å². The molecule has 2 aromatic carbocycles. The van der Waals surface area contributed by atoms with Crippen LogP contribution >= 0.6 is 0 Å². The Labute approximate surface area is 163 Å². The van der Waals surface area contributed by atoms with Crippen molar-refractivity contribution in [3.05, 3.63) is 70.8 Å². The van der Waals surface area contributed by atoms with Gasteiger partial charge in [0.25, 0.3) is 0 Å². The smallest absolute Gasteiger partial charge is 0.181 e. The van der Waals surface area contributed by atoms with Crippen molar-refractivity contribution < 1.29 is 8.42 Å². The molecule has 0 unspecified atom stereocenters. The first kappa shape index (κ1) is 19.8. The van der Waals surface area contributed by atoms with Crippen molar-refractivity contribution in [3.63, 3.8) is 0 Å². The Hall–Kier alpha value is -1.91. The molecule has 0 aliphatic carbocycles. The zero-order valence-electron chi connectivity index (χ0n) is 16.5. The molecule has 1 saturated heterocycles. The third kappa shape index (κ3) is 5.08. The summed E-state index contributed by atoms with van der Waals surface area (Å²) in [5.74, 6) is 0.659. The summed E-state index contributed by atoms with van der Waals surface area (Å²) >= 11 is 0. The number of aryl methyl sites for hydroxylation is 2. The van der Waals surface area contributed by atoms with Gasteiger partial charge in [0.2, 0.25) is 0 Å². The minimum absolute atomic E-state index is 0.0201. The highest BCUT2D eigenvalue weighted by Crippen LogP contribution is 2.29. The first-order valence-corrected chi connectivity index (χ1v) is 11.3. The quantitative estimate of drug-likeness (QED) is 0.757. The monoisotopic (exact) mass is 383 g/mol. The Morgan fingerprint density at radius 3 is 2.33 bits per heavy atom. The van der Waals surface area contributed by atoms with Gasteiger partial charge in [-0.15, -0.1) is 0 Å². The van der Waals surface area contributed by atoms with Crippen LogP contribution in [0.25, 0.3) is 6.08 Å². The SMILES string of the molecule is Cc1ccc(S(=O)(=O)C/C=C\c2ccc(C3CCN(C)CC3)cc2C)cc1. The van der Waals surface area contributed by atoms with Crippen LogP contribution in [0, 0.1) is 13.8 Å². The summed E-state index contributed by atoms with van der Waals surface area (Å²) in [6, 6.07) is 13.6. The fourth-order valence-corrected chi connectivity index (χ4v) is 4.72. The van der Waals surface area contributed by atoms with E-state index in [2.05, 4.69) is 37.1 Å². The van der Waals surface area contributed by atoms with Gasteiger partial charge in [-0.3, -0.25) is 0 Å². The summed E-state index contributed by atoms with van der Waals surface area (Å²) in [5.41, 5.74) is 4.76. The maximum Gasteiger partial charge on any atom is 0.181 e. The molecule has 0 saturated carbocycles. The normalized spacial score (nSPS) is 16.9. The third-order valence-electron chi connectivity index (χ3n) is 5.48. The molecule has 4 heteroatoms. The van der Waals surface area contributed by atoms with Crippen LogP contribution in [0.5, 0.6) is 0 Å². The highest BCUT2D eigenvalue weighted by molar-refractivity contribution is 7.91. The van der Waals surface area contributed by atoms with E-state index >= 15 is 0 Å². The molecular weight excluding hydrogens is 354 g/mol. The van der Waals surface area contributed by atoms with Gasteiger partial charge in [0.05, 0.1) is 10.6 Å². The Bertz CT molecular complexity index is 906. The summed E-state index contributed by atoms with van der Waals surface area (Å²) in [4.78, 5) is 2.77. The first-order chi connectivity index (χ1) is 12.8. The number of piperidine rings is 1. The van der Waals surface area contributed by atoms with Gasteiger partial charge < -0.3 is 4.90 Å². The molecule has 0 atom stereocenters. The van der Waals surface area contributed by atoms with Crippen LogP contribution in [0.3, 0.4) is 0 Å². The van der Waals surface area contributed by atoms with Crippen LogP contribution in [0.4, 0.5) is 0 Å². The molecule has 1 aliphatic heterocycles. The van der Waals surface area contributed by atoms with Gasteiger partial charge in [0.15, 0.2) is 9.84 Å². The van der Waals surface area contributed by atoms with Gasteiger partial charge >= 0.3 is 0 Å². The molecule has 0 aromatic heterocycles. The molecule has 3 nitrogen and oxygen atoms in total. The average molecular weight is 384 g/mol. The molecular formula is C23H29NO2S. The van der Waals surface area contributed by atoms with E-state index in [0.29, 0.717) is 10.8 Å². The van der Waals surface area contributed by atoms with Crippen LogP contribution in [-0.4, -0.2) is 39.2 Å². The van der Waals surface area contributed by atoms with Crippen molar-refractivity contribution >= 4 is 15.9 Å². The molecule has 1 heterocycles. The second-order valence-corrected chi connectivity index (χ2v) is 9.72. The van der Waals surface area contributed by atoms with Gasteiger partial charge in [0.1, 0.15) is 0 Å². The summed E-state index contributed by atoms with van der Waals surface area (Å²) in [6.07, 6.45) is 6.10. The molecule has 144 valence electrons. The Balaban J connectivity index is 1.67. The lowest BCUT2D eigenvalue weighted by Crippen LogP contribution is -2.29. The van der Waals surface area contributed by atoms with E-state index < -0.39 is 9.84 Å². The average Bonchev–Trinajstić information content (AvgIpc) is 2.64. The number of likely N-dealkylation sites (tertiary alicyclic amines) is 1. The maximum atomic E-state index is 12.5. The number of nitrogens with zero attached hydrogens (tertiary/aromatic N) is 1. The van der Waals surface area contributed by atoms with Gasteiger partial charge in [-0.1, -0.05) is 48.0 Å². The van der Waals surface area contributed by atoms with Crippen molar-refractivity contribution in [3.8, 4) is 0 Å². The fourth-order valence-electron chi connectivity index (χ4n) is 3.63. The number of rotatable bonds is 5. The van der Waals surface area contributed by atoms with E-state index in [1.807, 2.05) is 25.1 Å². The molecule has 0 bridgehead atoms. The largest absolute Gasteiger partial charge is 0.306 e. The molecule has 3 rings (SSSR count). The first-order valence-electron chi connectivity index (χ1n) is 9.60. The second-order valence-electron chi connectivity index (χ2n) is 7.69. The number of hydrogen-bond acceptors (Lipinski definition) is 3. The highest BCUT2D eigenvalue weighted by atomic mass is 32.2. The Kier molecular flexibility index (Phi) is 6.18. The van der Waals surface area contributed by atoms with Gasteiger partial charge in [-0.05, 0) is 81.6 Å². The van der Waals surface area contributed by atoms with Gasteiger partial charge in [-0.2, -0.15) is 0 Å². The Morgan fingerprint density at radius 2 is 1.70 bits per heavy atom. The number of hydrogen-bond donors (Lipinski definition) is 0. The predicted octanol–water partition coefficient (Wildman–Crippen LogP) is 4.60. The lowest BCUT2D eigenvalue weighted by Gasteiger charge is -2.29. The second kappa shape index (κ2) is 8.41. The molecule has 0 spiro atoms. The minimum Gasteiger partial charge on any atom is -0.306 e. The summed E-state index contributed by atoms with van der Waals surface area (Å²) < 4.78 is 24.9. The number of benzene rings is 2. The van der Waals surface area contributed by atoms with E-state index in [9.17, 15) is 8.42 Å². The van der Waals surface area contributed by atoms with E-state index in [1.165, 1.54) is 24.0 Å². The zero-order chi connectivity index (χ0) is 19.4. The lowest BCUT2D eigenvalue weighted by atomic mass is 9.88. The van der Waals surface area contributed by atoms with E-state index in [-0.39, 0.29) is 5.75 Å². The molecule has 2 aromatic rings. The van der Waals surface area contributed by atoms with Crippen molar-refractivity contribution in [1.82, 2.24) is 4.90 Å². The zero-order valence-corrected chi connectivity index (χ0v) is 17.3. The summed E-state index contributed by atoms with van der Waals surface area (Å²) in [7, 11) is -1.10. The van der Waals surface area contributed by atoms with Crippen molar-refractivity contribution in [1.29, 1.82) is 0 Å². The van der Waals surface area contributed by atoms with Crippen LogP contribution in [0.2, 0.25) is 0 Å². The summed E-state index contributed by atoms with van der Waals surface area (Å²) in [6.45, 7) is 6.37. The molecule has 27 heavy (non-hydrogen) atoms.